The highest BCUT2D eigenvalue weighted by molar-refractivity contribution is 6.07. The Kier molecular flexibility index (Phi) is 4.78. The summed E-state index contributed by atoms with van der Waals surface area (Å²) in [4.78, 5) is 12.2. The van der Waals surface area contributed by atoms with Gasteiger partial charge in [0.1, 0.15) is 5.75 Å². The lowest BCUT2D eigenvalue weighted by molar-refractivity contribution is 0.340. The van der Waals surface area contributed by atoms with E-state index in [1.807, 2.05) is 32.0 Å². The lowest BCUT2D eigenvalue weighted by atomic mass is 10.1. The van der Waals surface area contributed by atoms with Gasteiger partial charge in [0.15, 0.2) is 0 Å². The first-order valence-corrected chi connectivity index (χ1v) is 7.00. The molecular weight excluding hydrogens is 278 g/mol. The Morgan fingerprint density at radius 1 is 1.36 bits per heavy atom. The molecule has 1 aromatic carbocycles. The predicted molar refractivity (Wildman–Crippen MR) is 88.9 cm³/mol. The van der Waals surface area contributed by atoms with Crippen molar-refractivity contribution in [2.24, 2.45) is 5.73 Å². The van der Waals surface area contributed by atoms with Gasteiger partial charge in [-0.05, 0) is 43.7 Å². The van der Waals surface area contributed by atoms with Crippen LogP contribution in [0.5, 0.6) is 5.75 Å². The summed E-state index contributed by atoms with van der Waals surface area (Å²) < 4.78 is 7.01. The third kappa shape index (κ3) is 3.09. The quantitative estimate of drug-likeness (QED) is 0.832. The molecule has 0 atom stereocenters. The predicted octanol–water partition coefficient (Wildman–Crippen LogP) is 2.49. The van der Waals surface area contributed by atoms with Crippen LogP contribution in [0, 0.1) is 12.3 Å². The summed E-state index contributed by atoms with van der Waals surface area (Å²) in [5, 5.41) is 7.37. The van der Waals surface area contributed by atoms with Crippen molar-refractivity contribution in [3.63, 3.8) is 0 Å². The molecule has 0 amide bonds. The molecule has 0 spiro atoms. The Morgan fingerprint density at radius 2 is 2.14 bits per heavy atom. The van der Waals surface area contributed by atoms with Gasteiger partial charge < -0.3 is 15.9 Å². The van der Waals surface area contributed by atoms with Crippen molar-refractivity contribution in [2.75, 3.05) is 6.61 Å². The van der Waals surface area contributed by atoms with Crippen LogP contribution in [0.4, 0.5) is 0 Å². The number of nitrogens with one attached hydrogen (secondary N) is 1. The van der Waals surface area contributed by atoms with Gasteiger partial charge in [0.25, 0.3) is 5.56 Å². The second-order valence-electron chi connectivity index (χ2n) is 4.77. The van der Waals surface area contributed by atoms with E-state index < -0.39 is 0 Å². The molecule has 2 rings (SSSR count). The molecule has 1 heterocycles. The number of hydrogen-bond acceptors (Lipinski definition) is 4. The number of nitrogens with two attached hydrogens (primary N) is 1. The zero-order valence-corrected chi connectivity index (χ0v) is 12.7. The van der Waals surface area contributed by atoms with Gasteiger partial charge in [0.05, 0.1) is 12.3 Å². The van der Waals surface area contributed by atoms with Gasteiger partial charge >= 0.3 is 0 Å². The van der Waals surface area contributed by atoms with Gasteiger partial charge in [0, 0.05) is 35.8 Å². The number of aromatic nitrogens is 1. The number of pyridine rings is 1. The second kappa shape index (κ2) is 6.76. The Morgan fingerprint density at radius 3 is 2.73 bits per heavy atom. The van der Waals surface area contributed by atoms with Crippen LogP contribution >= 0.6 is 0 Å². The lowest BCUT2D eigenvalue weighted by Gasteiger charge is -2.13. The molecule has 5 heteroatoms. The van der Waals surface area contributed by atoms with E-state index in [4.69, 9.17) is 15.9 Å². The molecule has 2 aromatic rings. The summed E-state index contributed by atoms with van der Waals surface area (Å²) in [6.07, 6.45) is 4.20. The number of aryl methyl sites for hydroxylation is 1. The largest absolute Gasteiger partial charge is 0.494 e. The maximum Gasteiger partial charge on any atom is 0.255 e. The number of benzene rings is 1. The fourth-order valence-corrected chi connectivity index (χ4v) is 2.23. The Hall–Kier alpha value is -2.82. The van der Waals surface area contributed by atoms with Crippen molar-refractivity contribution in [3.05, 3.63) is 64.2 Å². The second-order valence-corrected chi connectivity index (χ2v) is 4.77. The highest BCUT2D eigenvalue weighted by atomic mass is 16.5. The van der Waals surface area contributed by atoms with Gasteiger partial charge in [-0.2, -0.15) is 0 Å². The minimum Gasteiger partial charge on any atom is -0.494 e. The van der Waals surface area contributed by atoms with E-state index in [0.717, 1.165) is 23.2 Å². The van der Waals surface area contributed by atoms with Crippen LogP contribution in [0.25, 0.3) is 11.3 Å². The average Bonchev–Trinajstić information content (AvgIpc) is 2.51. The summed E-state index contributed by atoms with van der Waals surface area (Å²) >= 11 is 0. The molecule has 0 aliphatic rings. The fourth-order valence-electron chi connectivity index (χ4n) is 2.23. The molecule has 0 saturated carbocycles. The Balaban J connectivity index is 2.55. The monoisotopic (exact) mass is 297 g/mol. The summed E-state index contributed by atoms with van der Waals surface area (Å²) in [6.45, 7) is 4.45. The van der Waals surface area contributed by atoms with Gasteiger partial charge in [-0.1, -0.05) is 0 Å². The van der Waals surface area contributed by atoms with Crippen molar-refractivity contribution >= 4 is 11.8 Å². The standard InChI is InChI=1S/C17H19N3O2/c1-3-22-15-5-6-16(12(2)8-15)20-11-13(4-7-17(20)21)14(9-18)10-19/h4-11,18H,3,19H2,1-2H3/b14-10+,18-9?. The molecule has 0 unspecified atom stereocenters. The first-order valence-electron chi connectivity index (χ1n) is 7.00. The number of allylic oxidation sites excluding steroid dienone is 1. The molecule has 0 saturated heterocycles. The van der Waals surface area contributed by atoms with E-state index >= 15 is 0 Å². The molecule has 3 N–H and O–H groups in total. The van der Waals surface area contributed by atoms with E-state index in [-0.39, 0.29) is 5.56 Å². The molecular formula is C17H19N3O2. The third-order valence-corrected chi connectivity index (χ3v) is 3.32. The molecule has 5 nitrogen and oxygen atoms in total. The van der Waals surface area contributed by atoms with Crippen molar-refractivity contribution in [3.8, 4) is 11.4 Å². The van der Waals surface area contributed by atoms with Gasteiger partial charge in [-0.3, -0.25) is 9.36 Å². The van der Waals surface area contributed by atoms with Gasteiger partial charge in [0.2, 0.25) is 0 Å². The van der Waals surface area contributed by atoms with Crippen LogP contribution in [0.15, 0.2) is 47.5 Å². The topological polar surface area (TPSA) is 81.1 Å². The summed E-state index contributed by atoms with van der Waals surface area (Å²) in [7, 11) is 0. The Labute approximate surface area is 129 Å². The minimum absolute atomic E-state index is 0.141. The van der Waals surface area contributed by atoms with E-state index in [0.29, 0.717) is 17.7 Å². The molecule has 114 valence electrons. The zero-order valence-electron chi connectivity index (χ0n) is 12.7. The smallest absolute Gasteiger partial charge is 0.255 e. The minimum atomic E-state index is -0.141. The van der Waals surface area contributed by atoms with Crippen molar-refractivity contribution in [2.45, 2.75) is 13.8 Å². The van der Waals surface area contributed by atoms with E-state index in [2.05, 4.69) is 0 Å². The molecule has 0 bridgehead atoms. The number of hydrogen-bond donors (Lipinski definition) is 2. The Bertz CT molecular complexity index is 776. The first-order chi connectivity index (χ1) is 10.6. The normalized spacial score (nSPS) is 11.3. The third-order valence-electron chi connectivity index (χ3n) is 3.32. The highest BCUT2D eigenvalue weighted by Crippen LogP contribution is 2.20. The fraction of sp³-hybridized carbons (Fsp3) is 0.176. The van der Waals surface area contributed by atoms with Gasteiger partial charge in [-0.25, -0.2) is 0 Å². The zero-order chi connectivity index (χ0) is 16.1. The van der Waals surface area contributed by atoms with Crippen LogP contribution in [0.3, 0.4) is 0 Å². The van der Waals surface area contributed by atoms with Crippen LogP contribution in [0.2, 0.25) is 0 Å². The van der Waals surface area contributed by atoms with Crippen molar-refractivity contribution in [1.29, 1.82) is 5.41 Å². The van der Waals surface area contributed by atoms with Crippen molar-refractivity contribution < 1.29 is 4.74 Å². The number of ether oxygens (including phenoxy) is 1. The maximum atomic E-state index is 12.2. The molecule has 0 fully saturated rings. The van der Waals surface area contributed by atoms with Crippen molar-refractivity contribution in [1.82, 2.24) is 4.57 Å². The SMILES string of the molecule is CCOc1ccc(-n2cc(/C(C=N)=C/N)ccc2=O)c(C)c1. The van der Waals surface area contributed by atoms with E-state index in [1.165, 1.54) is 12.3 Å². The molecule has 0 aliphatic heterocycles. The summed E-state index contributed by atoms with van der Waals surface area (Å²) in [5.74, 6) is 0.773. The molecule has 1 aromatic heterocycles. The number of nitrogens with zero attached hydrogens (tertiary/aromatic N) is 1. The van der Waals surface area contributed by atoms with Gasteiger partial charge in [-0.15, -0.1) is 0 Å². The van der Waals surface area contributed by atoms with Crippen LogP contribution < -0.4 is 16.0 Å². The van der Waals surface area contributed by atoms with Crippen LogP contribution in [-0.2, 0) is 0 Å². The van der Waals surface area contributed by atoms with E-state index in [9.17, 15) is 4.79 Å². The lowest BCUT2D eigenvalue weighted by Crippen LogP contribution is -2.18. The van der Waals surface area contributed by atoms with Crippen LogP contribution in [0.1, 0.15) is 18.1 Å². The molecule has 0 aliphatic carbocycles. The number of rotatable bonds is 5. The highest BCUT2D eigenvalue weighted by Gasteiger charge is 2.07. The first kappa shape index (κ1) is 15.6. The molecule has 0 radical (unpaired) electrons. The van der Waals surface area contributed by atoms with E-state index in [1.54, 1.807) is 16.8 Å². The summed E-state index contributed by atoms with van der Waals surface area (Å²) in [5.41, 5.74) is 8.34. The molecule has 22 heavy (non-hydrogen) atoms. The average molecular weight is 297 g/mol. The van der Waals surface area contributed by atoms with Crippen LogP contribution in [-0.4, -0.2) is 17.4 Å². The maximum absolute atomic E-state index is 12.2. The summed E-state index contributed by atoms with van der Waals surface area (Å²) in [6, 6.07) is 8.71.